The zero-order valence-electron chi connectivity index (χ0n) is 15.7. The minimum Gasteiger partial charge on any atom is -0.357 e. The Kier molecular flexibility index (Phi) is 7.65. The van der Waals surface area contributed by atoms with Gasteiger partial charge in [-0.2, -0.15) is 0 Å². The first-order valence-electron chi connectivity index (χ1n) is 8.62. The van der Waals surface area contributed by atoms with Crippen molar-refractivity contribution in [1.29, 1.82) is 0 Å². The molecule has 27 heavy (non-hydrogen) atoms. The molecule has 2 aromatic rings. The summed E-state index contributed by atoms with van der Waals surface area (Å²) in [5.41, 5.74) is 2.06. The maximum absolute atomic E-state index is 11.8. The Labute approximate surface area is 166 Å². The summed E-state index contributed by atoms with van der Waals surface area (Å²) in [6, 6.07) is 14.4. The average molecular weight is 409 g/mol. The van der Waals surface area contributed by atoms with Crippen molar-refractivity contribution in [2.24, 2.45) is 4.99 Å². The van der Waals surface area contributed by atoms with Gasteiger partial charge in [-0.3, -0.25) is 0 Å². The van der Waals surface area contributed by atoms with E-state index < -0.39 is 10.0 Å². The lowest BCUT2D eigenvalue weighted by atomic mass is 10.2. The number of aliphatic imine (C=N–C) groups is 1. The van der Waals surface area contributed by atoms with Crippen molar-refractivity contribution in [3.8, 4) is 0 Å². The molecule has 0 amide bonds. The van der Waals surface area contributed by atoms with Gasteiger partial charge in [0, 0.05) is 25.2 Å². The Balaban J connectivity index is 2.09. The predicted octanol–water partition coefficient (Wildman–Crippen LogP) is 2.85. The third-order valence-corrected chi connectivity index (χ3v) is 5.63. The quantitative estimate of drug-likeness (QED) is 0.545. The molecule has 8 heteroatoms. The van der Waals surface area contributed by atoms with E-state index in [-0.39, 0.29) is 4.90 Å². The summed E-state index contributed by atoms with van der Waals surface area (Å²) < 4.78 is 25.9. The van der Waals surface area contributed by atoms with Crippen LogP contribution in [0.4, 0.5) is 0 Å². The maximum Gasteiger partial charge on any atom is 0.240 e. The fourth-order valence-electron chi connectivity index (χ4n) is 2.47. The predicted molar refractivity (Wildman–Crippen MR) is 110 cm³/mol. The SMILES string of the molecule is CCNC(=NCc1ccc(S(=O)(=O)NC)cc1)N(C)Cc1ccc(Cl)cc1. The van der Waals surface area contributed by atoms with Crippen molar-refractivity contribution in [1.82, 2.24) is 14.9 Å². The molecule has 0 radical (unpaired) electrons. The number of nitrogens with zero attached hydrogens (tertiary/aromatic N) is 2. The Morgan fingerprint density at radius 3 is 2.22 bits per heavy atom. The van der Waals surface area contributed by atoms with E-state index >= 15 is 0 Å². The van der Waals surface area contributed by atoms with Crippen LogP contribution in [-0.4, -0.2) is 39.9 Å². The highest BCUT2D eigenvalue weighted by Gasteiger charge is 2.11. The van der Waals surface area contributed by atoms with Crippen LogP contribution in [0.1, 0.15) is 18.1 Å². The van der Waals surface area contributed by atoms with Crippen LogP contribution in [-0.2, 0) is 23.1 Å². The molecule has 6 nitrogen and oxygen atoms in total. The summed E-state index contributed by atoms with van der Waals surface area (Å²) in [5, 5.41) is 3.99. The van der Waals surface area contributed by atoms with Crippen molar-refractivity contribution in [2.45, 2.75) is 24.9 Å². The largest absolute Gasteiger partial charge is 0.357 e. The third kappa shape index (κ3) is 6.23. The molecule has 0 fully saturated rings. The number of benzene rings is 2. The van der Waals surface area contributed by atoms with Crippen LogP contribution in [0.5, 0.6) is 0 Å². The number of rotatable bonds is 7. The van der Waals surface area contributed by atoms with Gasteiger partial charge in [0.1, 0.15) is 0 Å². The first kappa shape index (κ1) is 21.2. The standard InChI is InChI=1S/C19H25ClN4O2S/c1-4-22-19(24(3)14-16-5-9-17(20)10-6-16)23-13-15-7-11-18(12-8-15)27(25,26)21-2/h5-12,21H,4,13-14H2,1-3H3,(H,22,23). The smallest absolute Gasteiger partial charge is 0.240 e. The van der Waals surface area contributed by atoms with Crippen LogP contribution in [0.15, 0.2) is 58.4 Å². The third-order valence-electron chi connectivity index (χ3n) is 3.94. The van der Waals surface area contributed by atoms with E-state index in [2.05, 4.69) is 15.0 Å². The summed E-state index contributed by atoms with van der Waals surface area (Å²) in [7, 11) is -0.0553. The lowest BCUT2D eigenvalue weighted by Crippen LogP contribution is -2.38. The summed E-state index contributed by atoms with van der Waals surface area (Å²) in [6.45, 7) is 3.92. The molecule has 146 valence electrons. The molecular weight excluding hydrogens is 384 g/mol. The van der Waals surface area contributed by atoms with Crippen LogP contribution >= 0.6 is 11.6 Å². The number of guanidine groups is 1. The highest BCUT2D eigenvalue weighted by atomic mass is 35.5. The van der Waals surface area contributed by atoms with Crippen molar-refractivity contribution >= 4 is 27.6 Å². The van der Waals surface area contributed by atoms with E-state index in [1.54, 1.807) is 24.3 Å². The summed E-state index contributed by atoms with van der Waals surface area (Å²) in [4.78, 5) is 6.92. The second-order valence-electron chi connectivity index (χ2n) is 6.00. The van der Waals surface area contributed by atoms with E-state index in [0.29, 0.717) is 18.1 Å². The van der Waals surface area contributed by atoms with Crippen molar-refractivity contribution in [3.63, 3.8) is 0 Å². The van der Waals surface area contributed by atoms with Crippen LogP contribution in [0.2, 0.25) is 5.02 Å². The van der Waals surface area contributed by atoms with Gasteiger partial charge in [0.25, 0.3) is 0 Å². The summed E-state index contributed by atoms with van der Waals surface area (Å²) in [6.07, 6.45) is 0. The minimum absolute atomic E-state index is 0.240. The molecule has 2 N–H and O–H groups in total. The van der Waals surface area contributed by atoms with Crippen LogP contribution in [0, 0.1) is 0 Å². The van der Waals surface area contributed by atoms with E-state index in [1.807, 2.05) is 43.1 Å². The van der Waals surface area contributed by atoms with Gasteiger partial charge in [0.2, 0.25) is 10.0 Å². The second-order valence-corrected chi connectivity index (χ2v) is 8.33. The van der Waals surface area contributed by atoms with Gasteiger partial charge in [-0.05, 0) is 49.4 Å². The van der Waals surface area contributed by atoms with Crippen molar-refractivity contribution < 1.29 is 8.42 Å². The highest BCUT2D eigenvalue weighted by molar-refractivity contribution is 7.89. The maximum atomic E-state index is 11.8. The van der Waals surface area contributed by atoms with E-state index in [0.717, 1.165) is 23.6 Å². The van der Waals surface area contributed by atoms with Crippen LogP contribution < -0.4 is 10.0 Å². The Hall–Kier alpha value is -2.09. The first-order valence-corrected chi connectivity index (χ1v) is 10.5. The Bertz CT molecular complexity index is 866. The molecule has 2 aromatic carbocycles. The molecule has 0 spiro atoms. The van der Waals surface area contributed by atoms with Crippen molar-refractivity contribution in [3.05, 3.63) is 64.7 Å². The number of hydrogen-bond acceptors (Lipinski definition) is 3. The molecule has 0 bridgehead atoms. The first-order chi connectivity index (χ1) is 12.9. The number of halogens is 1. The van der Waals surface area contributed by atoms with E-state index in [9.17, 15) is 8.42 Å². The average Bonchev–Trinajstić information content (AvgIpc) is 2.67. The summed E-state index contributed by atoms with van der Waals surface area (Å²) >= 11 is 5.94. The van der Waals surface area contributed by atoms with Gasteiger partial charge in [-0.15, -0.1) is 0 Å². The fraction of sp³-hybridized carbons (Fsp3) is 0.316. The molecule has 0 aliphatic carbocycles. The highest BCUT2D eigenvalue weighted by Crippen LogP contribution is 2.13. The Morgan fingerprint density at radius 2 is 1.67 bits per heavy atom. The van der Waals surface area contributed by atoms with Crippen LogP contribution in [0.3, 0.4) is 0 Å². The van der Waals surface area contributed by atoms with Gasteiger partial charge in [-0.25, -0.2) is 18.1 Å². The van der Waals surface area contributed by atoms with Gasteiger partial charge in [0.05, 0.1) is 11.4 Å². The van der Waals surface area contributed by atoms with Crippen LogP contribution in [0.25, 0.3) is 0 Å². The summed E-state index contributed by atoms with van der Waals surface area (Å²) in [5.74, 6) is 0.777. The molecule has 2 rings (SSSR count). The molecule has 0 saturated heterocycles. The molecule has 0 saturated carbocycles. The minimum atomic E-state index is -3.42. The van der Waals surface area contributed by atoms with Gasteiger partial charge in [-0.1, -0.05) is 35.9 Å². The normalized spacial score (nSPS) is 12.1. The number of hydrogen-bond donors (Lipinski definition) is 2. The van der Waals surface area contributed by atoms with Gasteiger partial charge >= 0.3 is 0 Å². The molecular formula is C19H25ClN4O2S. The number of sulfonamides is 1. The molecule has 0 unspecified atom stereocenters. The lowest BCUT2D eigenvalue weighted by Gasteiger charge is -2.22. The molecule has 0 aliphatic heterocycles. The Morgan fingerprint density at radius 1 is 1.07 bits per heavy atom. The zero-order valence-corrected chi connectivity index (χ0v) is 17.3. The fourth-order valence-corrected chi connectivity index (χ4v) is 3.32. The topological polar surface area (TPSA) is 73.8 Å². The zero-order chi connectivity index (χ0) is 19.9. The molecule has 0 heterocycles. The van der Waals surface area contributed by atoms with E-state index in [1.165, 1.54) is 7.05 Å². The number of nitrogens with one attached hydrogen (secondary N) is 2. The lowest BCUT2D eigenvalue weighted by molar-refractivity contribution is 0.477. The van der Waals surface area contributed by atoms with Gasteiger partial charge < -0.3 is 10.2 Å². The van der Waals surface area contributed by atoms with Crippen molar-refractivity contribution in [2.75, 3.05) is 20.6 Å². The van der Waals surface area contributed by atoms with Gasteiger partial charge in [0.15, 0.2) is 5.96 Å². The molecule has 0 atom stereocenters. The molecule has 0 aliphatic rings. The second kappa shape index (κ2) is 9.73. The monoisotopic (exact) mass is 408 g/mol. The van der Waals surface area contributed by atoms with E-state index in [4.69, 9.17) is 11.6 Å². The molecule has 0 aromatic heterocycles.